The number of phenols is 2. The fourth-order valence-corrected chi connectivity index (χ4v) is 2.12. The smallest absolute Gasteiger partial charge is 0.171 e. The Morgan fingerprint density at radius 2 is 2.06 bits per heavy atom. The number of phenolic OH excluding ortho intramolecular Hbond substituents is 2. The number of aromatic hydroxyl groups is 2. The number of benzene rings is 1. The highest BCUT2D eigenvalue weighted by Gasteiger charge is 2.12. The van der Waals surface area contributed by atoms with Gasteiger partial charge in [-0.05, 0) is 29.6 Å². The van der Waals surface area contributed by atoms with Gasteiger partial charge in [0.25, 0.3) is 0 Å². The van der Waals surface area contributed by atoms with Gasteiger partial charge in [0.2, 0.25) is 0 Å². The van der Waals surface area contributed by atoms with Gasteiger partial charge in [0.15, 0.2) is 5.78 Å². The third kappa shape index (κ3) is 2.23. The van der Waals surface area contributed by atoms with Crippen LogP contribution in [-0.4, -0.2) is 16.0 Å². The van der Waals surface area contributed by atoms with Gasteiger partial charge < -0.3 is 10.2 Å². The summed E-state index contributed by atoms with van der Waals surface area (Å²) in [6, 6.07) is 7.68. The van der Waals surface area contributed by atoms with E-state index in [2.05, 4.69) is 0 Å². The Kier molecular flexibility index (Phi) is 2.92. The molecule has 3 nitrogen and oxygen atoms in total. The first kappa shape index (κ1) is 10.7. The lowest BCUT2D eigenvalue weighted by Crippen LogP contribution is -2.02. The summed E-state index contributed by atoms with van der Waals surface area (Å²) in [5.74, 6) is -0.317. The molecule has 0 unspecified atom stereocenters. The molecule has 0 aliphatic rings. The van der Waals surface area contributed by atoms with Crippen molar-refractivity contribution in [3.05, 3.63) is 46.2 Å². The molecule has 0 saturated carbocycles. The van der Waals surface area contributed by atoms with E-state index in [-0.39, 0.29) is 29.3 Å². The lowest BCUT2D eigenvalue weighted by atomic mass is 10.1. The maximum atomic E-state index is 11.8. The Balaban J connectivity index is 2.24. The largest absolute Gasteiger partial charge is 0.508 e. The van der Waals surface area contributed by atoms with Gasteiger partial charge in [-0.1, -0.05) is 6.07 Å². The summed E-state index contributed by atoms with van der Waals surface area (Å²) >= 11 is 1.49. The predicted molar refractivity (Wildman–Crippen MR) is 62.1 cm³/mol. The molecule has 2 N–H and O–H groups in total. The first-order valence-corrected chi connectivity index (χ1v) is 5.62. The molecule has 4 heteroatoms. The van der Waals surface area contributed by atoms with Crippen LogP contribution in [0.15, 0.2) is 35.7 Å². The number of Topliss-reactive ketones (excluding diaryl/α,β-unsaturated/α-hetero) is 1. The van der Waals surface area contributed by atoms with E-state index in [4.69, 9.17) is 0 Å². The summed E-state index contributed by atoms with van der Waals surface area (Å²) < 4.78 is 0. The van der Waals surface area contributed by atoms with Crippen molar-refractivity contribution in [1.29, 1.82) is 0 Å². The molecular weight excluding hydrogens is 224 g/mol. The van der Waals surface area contributed by atoms with Crippen LogP contribution in [0.4, 0.5) is 0 Å². The van der Waals surface area contributed by atoms with Crippen molar-refractivity contribution in [3.63, 3.8) is 0 Å². The van der Waals surface area contributed by atoms with Crippen LogP contribution < -0.4 is 0 Å². The van der Waals surface area contributed by atoms with E-state index < -0.39 is 0 Å². The van der Waals surface area contributed by atoms with Gasteiger partial charge in [-0.2, -0.15) is 0 Å². The molecule has 0 amide bonds. The normalized spacial score (nSPS) is 10.2. The predicted octanol–water partition coefficient (Wildman–Crippen LogP) is 2.58. The van der Waals surface area contributed by atoms with Crippen LogP contribution in [0.5, 0.6) is 11.5 Å². The zero-order chi connectivity index (χ0) is 11.5. The molecule has 2 rings (SSSR count). The van der Waals surface area contributed by atoms with Gasteiger partial charge >= 0.3 is 0 Å². The van der Waals surface area contributed by atoms with Crippen molar-refractivity contribution in [1.82, 2.24) is 0 Å². The minimum atomic E-state index is -0.198. The Morgan fingerprint density at radius 3 is 2.75 bits per heavy atom. The van der Waals surface area contributed by atoms with Crippen LogP contribution in [0.3, 0.4) is 0 Å². The molecule has 1 heterocycles. The highest BCUT2D eigenvalue weighted by Crippen LogP contribution is 2.24. The number of ketones is 1. The molecule has 1 aromatic carbocycles. The fraction of sp³-hybridized carbons (Fsp3) is 0.0833. The molecule has 0 saturated heterocycles. The van der Waals surface area contributed by atoms with Crippen molar-refractivity contribution in [3.8, 4) is 11.5 Å². The molecule has 2 aromatic rings. The topological polar surface area (TPSA) is 57.5 Å². The standard InChI is InChI=1S/C12H10O3S/c13-8-3-4-11(14)10(6-8)12(15)7-9-2-1-5-16-9/h1-6,13-14H,7H2. The summed E-state index contributed by atoms with van der Waals surface area (Å²) in [6.07, 6.45) is 0.245. The van der Waals surface area contributed by atoms with E-state index >= 15 is 0 Å². The van der Waals surface area contributed by atoms with E-state index in [1.54, 1.807) is 0 Å². The molecule has 0 aliphatic heterocycles. The number of hydrogen-bond acceptors (Lipinski definition) is 4. The molecule has 0 aliphatic carbocycles. The molecule has 0 atom stereocenters. The maximum Gasteiger partial charge on any atom is 0.171 e. The Morgan fingerprint density at radius 1 is 1.25 bits per heavy atom. The third-order valence-electron chi connectivity index (χ3n) is 2.20. The summed E-state index contributed by atoms with van der Waals surface area (Å²) in [6.45, 7) is 0. The van der Waals surface area contributed by atoms with Gasteiger partial charge in [-0.3, -0.25) is 4.79 Å². The third-order valence-corrected chi connectivity index (χ3v) is 3.07. The molecule has 82 valence electrons. The van der Waals surface area contributed by atoms with Gasteiger partial charge in [-0.25, -0.2) is 0 Å². The number of carbonyl (C=O) groups excluding carboxylic acids is 1. The van der Waals surface area contributed by atoms with Crippen LogP contribution in [-0.2, 0) is 6.42 Å². The van der Waals surface area contributed by atoms with Crippen LogP contribution >= 0.6 is 11.3 Å². The van der Waals surface area contributed by atoms with Crippen molar-refractivity contribution in [2.75, 3.05) is 0 Å². The van der Waals surface area contributed by atoms with Crippen LogP contribution in [0.2, 0.25) is 0 Å². The molecule has 0 spiro atoms. The Bertz CT molecular complexity index is 503. The summed E-state index contributed by atoms with van der Waals surface area (Å²) in [5.41, 5.74) is 0.161. The zero-order valence-electron chi connectivity index (χ0n) is 8.38. The minimum absolute atomic E-state index is 0.0210. The van der Waals surface area contributed by atoms with Crippen LogP contribution in [0.1, 0.15) is 15.2 Å². The second-order valence-electron chi connectivity index (χ2n) is 3.38. The SMILES string of the molecule is O=C(Cc1cccs1)c1cc(O)ccc1O. The zero-order valence-corrected chi connectivity index (χ0v) is 9.20. The number of thiophene rings is 1. The van der Waals surface area contributed by atoms with Gasteiger partial charge in [-0.15, -0.1) is 11.3 Å². The second-order valence-corrected chi connectivity index (χ2v) is 4.41. The molecular formula is C12H10O3S. The van der Waals surface area contributed by atoms with Crippen molar-refractivity contribution >= 4 is 17.1 Å². The molecule has 16 heavy (non-hydrogen) atoms. The molecule has 1 aromatic heterocycles. The average Bonchev–Trinajstić information content (AvgIpc) is 2.74. The number of rotatable bonds is 3. The average molecular weight is 234 g/mol. The van der Waals surface area contributed by atoms with E-state index in [1.807, 2.05) is 17.5 Å². The highest BCUT2D eigenvalue weighted by atomic mass is 32.1. The molecule has 0 fully saturated rings. The summed E-state index contributed by atoms with van der Waals surface area (Å²) in [5, 5.41) is 20.7. The van der Waals surface area contributed by atoms with Gasteiger partial charge in [0.05, 0.1) is 5.56 Å². The monoisotopic (exact) mass is 234 g/mol. The summed E-state index contributed by atoms with van der Waals surface area (Å²) in [7, 11) is 0. The van der Waals surface area contributed by atoms with E-state index in [0.29, 0.717) is 0 Å². The van der Waals surface area contributed by atoms with Crippen molar-refractivity contribution in [2.45, 2.75) is 6.42 Å². The quantitative estimate of drug-likeness (QED) is 0.634. The first-order valence-electron chi connectivity index (χ1n) is 4.74. The van der Waals surface area contributed by atoms with Crippen LogP contribution in [0, 0.1) is 0 Å². The Hall–Kier alpha value is -1.81. The van der Waals surface area contributed by atoms with Crippen molar-refractivity contribution in [2.24, 2.45) is 0 Å². The van der Waals surface area contributed by atoms with E-state index in [0.717, 1.165) is 4.88 Å². The second kappa shape index (κ2) is 4.37. The van der Waals surface area contributed by atoms with Gasteiger partial charge in [0.1, 0.15) is 11.5 Å². The van der Waals surface area contributed by atoms with E-state index in [1.165, 1.54) is 29.5 Å². The Labute approximate surface area is 96.6 Å². The molecule has 0 bridgehead atoms. The van der Waals surface area contributed by atoms with E-state index in [9.17, 15) is 15.0 Å². The van der Waals surface area contributed by atoms with Gasteiger partial charge in [0, 0.05) is 11.3 Å². The highest BCUT2D eigenvalue weighted by molar-refractivity contribution is 7.10. The lowest BCUT2D eigenvalue weighted by Gasteiger charge is -2.03. The number of hydrogen-bond donors (Lipinski definition) is 2. The molecule has 0 radical (unpaired) electrons. The van der Waals surface area contributed by atoms with Crippen LogP contribution in [0.25, 0.3) is 0 Å². The maximum absolute atomic E-state index is 11.8. The minimum Gasteiger partial charge on any atom is -0.508 e. The lowest BCUT2D eigenvalue weighted by molar-refractivity contribution is 0.0991. The number of carbonyl (C=O) groups is 1. The summed E-state index contributed by atoms with van der Waals surface area (Å²) in [4.78, 5) is 12.8. The first-order chi connectivity index (χ1) is 7.66. The fourth-order valence-electron chi connectivity index (χ4n) is 1.41. The van der Waals surface area contributed by atoms with Crippen molar-refractivity contribution < 1.29 is 15.0 Å².